The Morgan fingerprint density at radius 1 is 1.07 bits per heavy atom. The van der Waals surface area contributed by atoms with Gasteiger partial charge in [-0.25, -0.2) is 9.59 Å². The second kappa shape index (κ2) is 8.64. The summed E-state index contributed by atoms with van der Waals surface area (Å²) in [7, 11) is 1.66. The van der Waals surface area contributed by atoms with Crippen LogP contribution in [0.4, 0.5) is 10.5 Å². The molecular weight excluding hydrogens is 388 g/mol. The smallest absolute Gasteiger partial charge is 0.344 e. The van der Waals surface area contributed by atoms with E-state index in [4.69, 9.17) is 4.74 Å². The van der Waals surface area contributed by atoms with Gasteiger partial charge < -0.3 is 15.4 Å². The number of nitrogens with one attached hydrogen (secondary N) is 3. The Hall–Kier alpha value is -3.88. The molecule has 9 heteroatoms. The SMILES string of the molecule is CC[C@]1(c2ccccc2)NC(=O)N(NC(=O)COC(=O)c2ccccc2NC)C1=O. The molecule has 4 amide bonds. The van der Waals surface area contributed by atoms with E-state index < -0.39 is 36.0 Å². The molecule has 1 fully saturated rings. The van der Waals surface area contributed by atoms with Crippen molar-refractivity contribution in [1.82, 2.24) is 15.8 Å². The molecular formula is C21H22N4O5. The van der Waals surface area contributed by atoms with E-state index >= 15 is 0 Å². The second-order valence-corrected chi connectivity index (χ2v) is 6.60. The predicted octanol–water partition coefficient (Wildman–Crippen LogP) is 1.77. The molecule has 1 saturated heterocycles. The number of hydrogen-bond acceptors (Lipinski definition) is 6. The average molecular weight is 410 g/mol. The number of urea groups is 1. The van der Waals surface area contributed by atoms with Gasteiger partial charge in [-0.15, -0.1) is 0 Å². The topological polar surface area (TPSA) is 117 Å². The largest absolute Gasteiger partial charge is 0.452 e. The minimum Gasteiger partial charge on any atom is -0.452 e. The number of carbonyl (C=O) groups excluding carboxylic acids is 4. The Kier molecular flexibility index (Phi) is 6.01. The lowest BCUT2D eigenvalue weighted by Gasteiger charge is -2.25. The number of carbonyl (C=O) groups is 4. The summed E-state index contributed by atoms with van der Waals surface area (Å²) >= 11 is 0. The lowest BCUT2D eigenvalue weighted by Crippen LogP contribution is -2.49. The Bertz CT molecular complexity index is 978. The molecule has 0 aromatic heterocycles. The van der Waals surface area contributed by atoms with Crippen molar-refractivity contribution in [3.05, 3.63) is 65.7 Å². The number of rotatable bonds is 7. The molecule has 0 spiro atoms. The number of hydrazine groups is 1. The van der Waals surface area contributed by atoms with E-state index in [1.54, 1.807) is 68.6 Å². The van der Waals surface area contributed by atoms with E-state index in [1.807, 2.05) is 0 Å². The molecule has 1 aliphatic heterocycles. The van der Waals surface area contributed by atoms with Gasteiger partial charge in [-0.05, 0) is 24.1 Å². The molecule has 1 atom stereocenters. The van der Waals surface area contributed by atoms with E-state index in [0.717, 1.165) is 0 Å². The zero-order chi connectivity index (χ0) is 21.7. The number of ether oxygens (including phenoxy) is 1. The first-order chi connectivity index (χ1) is 14.4. The number of hydrogen-bond donors (Lipinski definition) is 3. The minimum absolute atomic E-state index is 0.261. The van der Waals surface area contributed by atoms with Crippen LogP contribution in [0.15, 0.2) is 54.6 Å². The van der Waals surface area contributed by atoms with Gasteiger partial charge in [-0.3, -0.25) is 15.0 Å². The maximum atomic E-state index is 13.0. The summed E-state index contributed by atoms with van der Waals surface area (Å²) in [5.74, 6) is -2.13. The third-order valence-electron chi connectivity index (χ3n) is 4.88. The first-order valence-corrected chi connectivity index (χ1v) is 9.38. The highest BCUT2D eigenvalue weighted by molar-refractivity contribution is 6.08. The van der Waals surface area contributed by atoms with Gasteiger partial charge in [0, 0.05) is 12.7 Å². The van der Waals surface area contributed by atoms with Crippen molar-refractivity contribution in [3.63, 3.8) is 0 Å². The molecule has 0 radical (unpaired) electrons. The maximum Gasteiger partial charge on any atom is 0.344 e. The predicted molar refractivity (Wildman–Crippen MR) is 108 cm³/mol. The average Bonchev–Trinajstić information content (AvgIpc) is 3.03. The molecule has 0 bridgehead atoms. The monoisotopic (exact) mass is 410 g/mol. The van der Waals surface area contributed by atoms with Crippen molar-refractivity contribution in [1.29, 1.82) is 0 Å². The van der Waals surface area contributed by atoms with Crippen LogP contribution in [-0.2, 0) is 19.9 Å². The van der Waals surface area contributed by atoms with Crippen LogP contribution in [0.25, 0.3) is 0 Å². The number of nitrogens with zero attached hydrogens (tertiary/aromatic N) is 1. The quantitative estimate of drug-likeness (QED) is 0.473. The van der Waals surface area contributed by atoms with Crippen molar-refractivity contribution in [2.45, 2.75) is 18.9 Å². The fourth-order valence-electron chi connectivity index (χ4n) is 3.28. The molecule has 2 aromatic rings. The van der Waals surface area contributed by atoms with Gasteiger partial charge in [0.15, 0.2) is 6.61 Å². The van der Waals surface area contributed by atoms with Crippen LogP contribution in [0.2, 0.25) is 0 Å². The summed E-state index contributed by atoms with van der Waals surface area (Å²) in [6.45, 7) is 1.11. The molecule has 2 aromatic carbocycles. The van der Waals surface area contributed by atoms with Crippen LogP contribution < -0.4 is 16.1 Å². The molecule has 0 unspecified atom stereocenters. The number of imide groups is 1. The number of benzene rings is 2. The molecule has 0 aliphatic carbocycles. The molecule has 3 rings (SSSR count). The van der Waals surface area contributed by atoms with E-state index in [1.165, 1.54) is 0 Å². The van der Waals surface area contributed by atoms with E-state index in [0.29, 0.717) is 22.7 Å². The van der Waals surface area contributed by atoms with Gasteiger partial charge in [0.2, 0.25) is 0 Å². The summed E-state index contributed by atoms with van der Waals surface area (Å²) in [6, 6.07) is 14.7. The van der Waals surface area contributed by atoms with Crippen molar-refractivity contribution < 1.29 is 23.9 Å². The third kappa shape index (κ3) is 3.82. The molecule has 30 heavy (non-hydrogen) atoms. The molecule has 156 valence electrons. The first-order valence-electron chi connectivity index (χ1n) is 9.38. The van der Waals surface area contributed by atoms with Crippen molar-refractivity contribution in [2.24, 2.45) is 0 Å². The van der Waals surface area contributed by atoms with Crippen molar-refractivity contribution in [3.8, 4) is 0 Å². The maximum absolute atomic E-state index is 13.0. The second-order valence-electron chi connectivity index (χ2n) is 6.60. The Labute approximate surface area is 173 Å². The number of anilines is 1. The molecule has 9 nitrogen and oxygen atoms in total. The van der Waals surface area contributed by atoms with Crippen LogP contribution in [0.5, 0.6) is 0 Å². The molecule has 0 saturated carbocycles. The third-order valence-corrected chi connectivity index (χ3v) is 4.88. The lowest BCUT2D eigenvalue weighted by atomic mass is 9.87. The van der Waals surface area contributed by atoms with Crippen LogP contribution in [0, 0.1) is 0 Å². The van der Waals surface area contributed by atoms with Gasteiger partial charge in [-0.1, -0.05) is 49.4 Å². The summed E-state index contributed by atoms with van der Waals surface area (Å²) in [6.07, 6.45) is 0.295. The fourth-order valence-corrected chi connectivity index (χ4v) is 3.28. The van der Waals surface area contributed by atoms with E-state index in [2.05, 4.69) is 16.1 Å². The summed E-state index contributed by atoms with van der Waals surface area (Å²) in [5, 5.41) is 6.13. The van der Waals surface area contributed by atoms with Crippen molar-refractivity contribution in [2.75, 3.05) is 19.0 Å². The highest BCUT2D eigenvalue weighted by atomic mass is 16.5. The molecule has 1 heterocycles. The van der Waals surface area contributed by atoms with Crippen molar-refractivity contribution >= 4 is 29.5 Å². The fraction of sp³-hybridized carbons (Fsp3) is 0.238. The highest BCUT2D eigenvalue weighted by Gasteiger charge is 2.52. The number of esters is 1. The normalized spacial score (nSPS) is 18.0. The number of para-hydroxylation sites is 1. The van der Waals surface area contributed by atoms with Crippen LogP contribution >= 0.6 is 0 Å². The summed E-state index contributed by atoms with van der Waals surface area (Å²) < 4.78 is 5.02. The zero-order valence-electron chi connectivity index (χ0n) is 16.6. The summed E-state index contributed by atoms with van der Waals surface area (Å²) in [5.41, 5.74) is 2.36. The lowest BCUT2D eigenvalue weighted by molar-refractivity contribution is -0.140. The van der Waals surface area contributed by atoms with Crippen LogP contribution in [0.1, 0.15) is 29.3 Å². The standard InChI is InChI=1S/C21H22N4O5/c1-3-21(14-9-5-4-6-10-14)19(28)25(20(29)23-21)24-17(26)13-30-18(27)15-11-7-8-12-16(15)22-2/h4-12,22H,3,13H2,1-2H3,(H,23,29)(H,24,26)/t21-/m1/s1. The summed E-state index contributed by atoms with van der Waals surface area (Å²) in [4.78, 5) is 49.8. The van der Waals surface area contributed by atoms with Gasteiger partial charge in [0.05, 0.1) is 5.56 Å². The van der Waals surface area contributed by atoms with Gasteiger partial charge in [0.25, 0.3) is 11.8 Å². The minimum atomic E-state index is -1.27. The van der Waals surface area contributed by atoms with Gasteiger partial charge in [0.1, 0.15) is 5.54 Å². The highest BCUT2D eigenvalue weighted by Crippen LogP contribution is 2.31. The van der Waals surface area contributed by atoms with E-state index in [9.17, 15) is 19.2 Å². The molecule has 1 aliphatic rings. The van der Waals surface area contributed by atoms with Gasteiger partial charge >= 0.3 is 12.0 Å². The Balaban J connectivity index is 1.66. The Morgan fingerprint density at radius 3 is 2.40 bits per heavy atom. The van der Waals surface area contributed by atoms with Gasteiger partial charge in [-0.2, -0.15) is 5.01 Å². The van der Waals surface area contributed by atoms with Crippen LogP contribution in [-0.4, -0.2) is 42.5 Å². The Morgan fingerprint density at radius 2 is 1.73 bits per heavy atom. The molecule has 3 N–H and O–H groups in total. The van der Waals surface area contributed by atoms with E-state index in [-0.39, 0.29) is 5.56 Å². The number of amides is 4. The van der Waals surface area contributed by atoms with Crippen LogP contribution in [0.3, 0.4) is 0 Å². The first kappa shape index (κ1) is 20.8. The zero-order valence-corrected chi connectivity index (χ0v) is 16.6.